The molecule has 0 saturated carbocycles. The number of nitriles is 1. The van der Waals surface area contributed by atoms with Crippen LogP contribution in [0.1, 0.15) is 47.7 Å². The molecule has 3 rings (SSSR count). The average Bonchev–Trinajstić information content (AvgIpc) is 3.02. The second-order valence-corrected chi connectivity index (χ2v) is 7.89. The molecule has 3 heterocycles. The van der Waals surface area contributed by atoms with E-state index in [1.807, 2.05) is 19.1 Å². The van der Waals surface area contributed by atoms with Gasteiger partial charge in [-0.25, -0.2) is 0 Å². The molecule has 0 spiro atoms. The van der Waals surface area contributed by atoms with Crippen LogP contribution in [-0.4, -0.2) is 16.1 Å². The quantitative estimate of drug-likeness (QED) is 0.841. The Kier molecular flexibility index (Phi) is 3.33. The number of H-pyrrole nitrogens is 1. The van der Waals surface area contributed by atoms with Gasteiger partial charge in [0, 0.05) is 26.4 Å². The van der Waals surface area contributed by atoms with Gasteiger partial charge in [-0.1, -0.05) is 20.8 Å². The SMILES string of the molecule is Cc1ccc(C2c3c(n[nH]c3C(C)(C)C)OC(=N)C2C#N)s1. The number of rotatable bonds is 1. The number of aryl methyl sites for hydroxylation is 1. The third kappa shape index (κ3) is 2.22. The van der Waals surface area contributed by atoms with Crippen molar-refractivity contribution < 1.29 is 4.74 Å². The molecule has 0 aliphatic carbocycles. The number of hydrogen-bond acceptors (Lipinski definition) is 5. The minimum atomic E-state index is -0.621. The third-order valence-corrected chi connectivity index (χ3v) is 4.94. The number of nitrogens with zero attached hydrogens (tertiary/aromatic N) is 2. The molecule has 0 bridgehead atoms. The highest BCUT2D eigenvalue weighted by atomic mass is 32.1. The summed E-state index contributed by atoms with van der Waals surface area (Å²) in [4.78, 5) is 2.26. The topological polar surface area (TPSA) is 85.5 Å². The Labute approximate surface area is 133 Å². The number of thiophene rings is 1. The normalized spacial score (nSPS) is 21.1. The van der Waals surface area contributed by atoms with Crippen LogP contribution in [0.2, 0.25) is 0 Å². The van der Waals surface area contributed by atoms with Crippen molar-refractivity contribution >= 4 is 17.2 Å². The van der Waals surface area contributed by atoms with E-state index in [-0.39, 0.29) is 17.2 Å². The van der Waals surface area contributed by atoms with Crippen LogP contribution < -0.4 is 4.74 Å². The molecule has 0 saturated heterocycles. The van der Waals surface area contributed by atoms with Crippen LogP contribution in [0, 0.1) is 29.6 Å². The summed E-state index contributed by atoms with van der Waals surface area (Å²) in [6.45, 7) is 8.33. The highest BCUT2D eigenvalue weighted by Gasteiger charge is 2.42. The predicted octanol–water partition coefficient (Wildman–Crippen LogP) is 3.72. The molecule has 2 N–H and O–H groups in total. The van der Waals surface area contributed by atoms with E-state index in [9.17, 15) is 5.26 Å². The Morgan fingerprint density at radius 1 is 1.41 bits per heavy atom. The summed E-state index contributed by atoms with van der Waals surface area (Å²) in [7, 11) is 0. The molecule has 0 fully saturated rings. The first-order chi connectivity index (χ1) is 10.3. The summed E-state index contributed by atoms with van der Waals surface area (Å²) in [5.74, 6) is -0.423. The smallest absolute Gasteiger partial charge is 0.243 e. The number of aromatic nitrogens is 2. The summed E-state index contributed by atoms with van der Waals surface area (Å²) in [6, 6.07) is 6.32. The molecule has 5 nitrogen and oxygen atoms in total. The first-order valence-corrected chi connectivity index (χ1v) is 7.95. The van der Waals surface area contributed by atoms with Crippen molar-refractivity contribution in [3.63, 3.8) is 0 Å². The van der Waals surface area contributed by atoms with Gasteiger partial charge in [0.1, 0.15) is 5.92 Å². The second-order valence-electron chi connectivity index (χ2n) is 6.57. The lowest BCUT2D eigenvalue weighted by molar-refractivity contribution is 0.435. The predicted molar refractivity (Wildman–Crippen MR) is 85.6 cm³/mol. The van der Waals surface area contributed by atoms with Crippen molar-refractivity contribution in [2.24, 2.45) is 5.92 Å². The van der Waals surface area contributed by atoms with Crippen LogP contribution in [0.3, 0.4) is 0 Å². The van der Waals surface area contributed by atoms with Gasteiger partial charge in [0.25, 0.3) is 0 Å². The molecular formula is C16H18N4OS. The zero-order valence-corrected chi connectivity index (χ0v) is 13.8. The van der Waals surface area contributed by atoms with Gasteiger partial charge in [-0.2, -0.15) is 5.26 Å². The maximum absolute atomic E-state index is 9.56. The Morgan fingerprint density at radius 2 is 2.14 bits per heavy atom. The lowest BCUT2D eigenvalue weighted by Crippen LogP contribution is -2.31. The molecule has 1 aliphatic heterocycles. The average molecular weight is 314 g/mol. The lowest BCUT2D eigenvalue weighted by Gasteiger charge is -2.29. The van der Waals surface area contributed by atoms with E-state index in [0.717, 1.165) is 16.1 Å². The van der Waals surface area contributed by atoms with Crippen molar-refractivity contribution in [3.05, 3.63) is 33.1 Å². The Bertz CT molecular complexity index is 775. The first kappa shape index (κ1) is 14.8. The molecule has 0 radical (unpaired) electrons. The summed E-state index contributed by atoms with van der Waals surface area (Å²) >= 11 is 1.66. The van der Waals surface area contributed by atoms with Crippen LogP contribution in [0.15, 0.2) is 12.1 Å². The molecule has 2 atom stereocenters. The van der Waals surface area contributed by atoms with Crippen molar-refractivity contribution in [3.8, 4) is 11.9 Å². The van der Waals surface area contributed by atoms with E-state index < -0.39 is 5.92 Å². The van der Waals surface area contributed by atoms with E-state index in [1.165, 1.54) is 4.88 Å². The molecule has 22 heavy (non-hydrogen) atoms. The van der Waals surface area contributed by atoms with Gasteiger partial charge in [-0.15, -0.1) is 16.4 Å². The summed E-state index contributed by atoms with van der Waals surface area (Å²) in [5, 5.41) is 24.9. The minimum Gasteiger partial charge on any atom is -0.422 e. The number of ether oxygens (including phenoxy) is 1. The van der Waals surface area contributed by atoms with E-state index in [0.29, 0.717) is 5.88 Å². The van der Waals surface area contributed by atoms with Crippen LogP contribution in [-0.2, 0) is 5.41 Å². The largest absolute Gasteiger partial charge is 0.422 e. The van der Waals surface area contributed by atoms with E-state index in [2.05, 4.69) is 37.0 Å². The monoisotopic (exact) mass is 314 g/mol. The Hall–Kier alpha value is -2.13. The van der Waals surface area contributed by atoms with E-state index in [4.69, 9.17) is 10.1 Å². The molecule has 114 valence electrons. The molecular weight excluding hydrogens is 296 g/mol. The standard InChI is InChI=1S/C16H18N4OS/c1-8-5-6-10(22-8)11-9(7-17)14(18)21-15-12(11)13(19-20-15)16(2,3)4/h5-6,9,11,18H,1-4H3,(H,19,20). The van der Waals surface area contributed by atoms with Crippen molar-refractivity contribution in [2.45, 2.75) is 39.0 Å². The second kappa shape index (κ2) is 4.96. The molecule has 2 unspecified atom stereocenters. The minimum absolute atomic E-state index is 0.0296. The fourth-order valence-electron chi connectivity index (χ4n) is 2.82. The van der Waals surface area contributed by atoms with Gasteiger partial charge in [0.15, 0.2) is 0 Å². The molecule has 2 aromatic rings. The summed E-state index contributed by atoms with van der Waals surface area (Å²) in [5.41, 5.74) is 1.73. The van der Waals surface area contributed by atoms with Gasteiger partial charge in [0.05, 0.1) is 12.0 Å². The number of nitrogens with one attached hydrogen (secondary N) is 2. The summed E-state index contributed by atoms with van der Waals surface area (Å²) in [6.07, 6.45) is 0. The lowest BCUT2D eigenvalue weighted by atomic mass is 9.78. The number of aromatic amines is 1. The first-order valence-electron chi connectivity index (χ1n) is 7.14. The summed E-state index contributed by atoms with van der Waals surface area (Å²) < 4.78 is 5.49. The van der Waals surface area contributed by atoms with Gasteiger partial charge < -0.3 is 4.74 Å². The fourth-order valence-corrected chi connectivity index (χ4v) is 3.84. The maximum atomic E-state index is 9.56. The van der Waals surface area contributed by atoms with Crippen LogP contribution in [0.25, 0.3) is 0 Å². The number of fused-ring (bicyclic) bond motifs is 1. The number of hydrogen-bond donors (Lipinski definition) is 2. The van der Waals surface area contributed by atoms with Gasteiger partial charge in [0.2, 0.25) is 11.8 Å². The van der Waals surface area contributed by atoms with Gasteiger partial charge in [-0.05, 0) is 19.1 Å². The van der Waals surface area contributed by atoms with Crippen molar-refractivity contribution in [2.75, 3.05) is 0 Å². The van der Waals surface area contributed by atoms with Crippen LogP contribution in [0.4, 0.5) is 0 Å². The molecule has 2 aromatic heterocycles. The Balaban J connectivity index is 2.24. The van der Waals surface area contributed by atoms with Crippen molar-refractivity contribution in [1.29, 1.82) is 10.7 Å². The molecule has 1 aliphatic rings. The maximum Gasteiger partial charge on any atom is 0.243 e. The van der Waals surface area contributed by atoms with Crippen molar-refractivity contribution in [1.82, 2.24) is 10.2 Å². The highest BCUT2D eigenvalue weighted by molar-refractivity contribution is 7.12. The third-order valence-electron chi connectivity index (χ3n) is 3.86. The van der Waals surface area contributed by atoms with Crippen LogP contribution in [0.5, 0.6) is 5.88 Å². The fraction of sp³-hybridized carbons (Fsp3) is 0.438. The zero-order valence-electron chi connectivity index (χ0n) is 13.0. The molecule has 6 heteroatoms. The van der Waals surface area contributed by atoms with Crippen LogP contribution >= 0.6 is 11.3 Å². The Morgan fingerprint density at radius 3 is 2.68 bits per heavy atom. The van der Waals surface area contributed by atoms with E-state index in [1.54, 1.807) is 11.3 Å². The van der Waals surface area contributed by atoms with E-state index >= 15 is 0 Å². The zero-order chi connectivity index (χ0) is 16.1. The molecule has 0 amide bonds. The van der Waals surface area contributed by atoms with Gasteiger partial charge >= 0.3 is 0 Å². The van der Waals surface area contributed by atoms with Gasteiger partial charge in [-0.3, -0.25) is 10.5 Å². The highest BCUT2D eigenvalue weighted by Crippen LogP contribution is 2.47. The molecule has 0 aromatic carbocycles.